The van der Waals surface area contributed by atoms with Crippen LogP contribution in [0.3, 0.4) is 0 Å². The van der Waals surface area contributed by atoms with Crippen molar-refractivity contribution in [1.82, 2.24) is 0 Å². The highest BCUT2D eigenvalue weighted by molar-refractivity contribution is 5.85. The van der Waals surface area contributed by atoms with Gasteiger partial charge in [-0.15, -0.1) is 12.4 Å². The molecule has 0 radical (unpaired) electrons. The monoisotopic (exact) mass is 212 g/mol. The van der Waals surface area contributed by atoms with Gasteiger partial charge in [-0.25, -0.2) is 4.39 Å². The Labute approximate surface area is 79.9 Å². The first-order valence-electron chi connectivity index (χ1n) is 3.21. The van der Waals surface area contributed by atoms with Gasteiger partial charge in [-0.2, -0.15) is 0 Å². The SMILES string of the molecule is Cl.[N-]=[N+]=NC[C@@H](F)C[C@H](N)C(=O)O. The van der Waals surface area contributed by atoms with Crippen molar-refractivity contribution < 1.29 is 14.3 Å². The number of azide groups is 1. The van der Waals surface area contributed by atoms with E-state index in [1.54, 1.807) is 0 Å². The van der Waals surface area contributed by atoms with Crippen LogP contribution in [0, 0.1) is 0 Å². The third kappa shape index (κ3) is 7.32. The van der Waals surface area contributed by atoms with E-state index in [1.807, 2.05) is 0 Å². The summed E-state index contributed by atoms with van der Waals surface area (Å²) < 4.78 is 12.6. The lowest BCUT2D eigenvalue weighted by Gasteiger charge is -2.07. The minimum Gasteiger partial charge on any atom is -0.480 e. The van der Waals surface area contributed by atoms with Crippen LogP contribution in [-0.4, -0.2) is 29.8 Å². The molecule has 0 unspecified atom stereocenters. The van der Waals surface area contributed by atoms with E-state index < -0.39 is 18.2 Å². The molecule has 0 saturated heterocycles. The Hall–Kier alpha value is -1.04. The van der Waals surface area contributed by atoms with Gasteiger partial charge >= 0.3 is 5.97 Å². The van der Waals surface area contributed by atoms with Crippen molar-refractivity contribution in [2.75, 3.05) is 6.54 Å². The number of hydrogen-bond donors (Lipinski definition) is 2. The molecule has 0 heterocycles. The topological polar surface area (TPSA) is 112 Å². The van der Waals surface area contributed by atoms with Crippen molar-refractivity contribution in [2.45, 2.75) is 18.6 Å². The van der Waals surface area contributed by atoms with E-state index in [9.17, 15) is 9.18 Å². The molecule has 0 aliphatic rings. The van der Waals surface area contributed by atoms with Gasteiger partial charge in [0.2, 0.25) is 0 Å². The fourth-order valence-electron chi connectivity index (χ4n) is 0.576. The minimum atomic E-state index is -1.49. The second kappa shape index (κ2) is 7.60. The van der Waals surface area contributed by atoms with Gasteiger partial charge in [0, 0.05) is 11.3 Å². The van der Waals surface area contributed by atoms with Crippen LogP contribution in [-0.2, 0) is 4.79 Å². The maximum absolute atomic E-state index is 12.6. The van der Waals surface area contributed by atoms with E-state index in [0.29, 0.717) is 0 Å². The van der Waals surface area contributed by atoms with Crippen molar-refractivity contribution in [3.63, 3.8) is 0 Å². The normalized spacial score (nSPS) is 13.4. The van der Waals surface area contributed by atoms with Gasteiger partial charge in [0.25, 0.3) is 0 Å². The Balaban J connectivity index is 0. The lowest BCUT2D eigenvalue weighted by molar-refractivity contribution is -0.139. The lowest BCUT2D eigenvalue weighted by atomic mass is 10.1. The number of carbonyl (C=O) groups is 1. The molecule has 3 N–H and O–H groups in total. The van der Waals surface area contributed by atoms with E-state index in [4.69, 9.17) is 16.4 Å². The molecule has 0 aliphatic carbocycles. The Morgan fingerprint density at radius 2 is 2.31 bits per heavy atom. The molecule has 76 valence electrons. The van der Waals surface area contributed by atoms with E-state index >= 15 is 0 Å². The number of carboxylic acids is 1. The van der Waals surface area contributed by atoms with Crippen LogP contribution < -0.4 is 5.73 Å². The van der Waals surface area contributed by atoms with Crippen LogP contribution in [0.5, 0.6) is 0 Å². The zero-order valence-corrected chi connectivity index (χ0v) is 7.45. The van der Waals surface area contributed by atoms with E-state index in [-0.39, 0.29) is 25.4 Å². The number of hydrogen-bond acceptors (Lipinski definition) is 3. The molecule has 0 amide bonds. The Morgan fingerprint density at radius 1 is 1.77 bits per heavy atom. The van der Waals surface area contributed by atoms with Gasteiger partial charge in [-0.3, -0.25) is 4.79 Å². The first-order valence-corrected chi connectivity index (χ1v) is 3.21. The van der Waals surface area contributed by atoms with Crippen molar-refractivity contribution in [3.8, 4) is 0 Å². The van der Waals surface area contributed by atoms with Crippen LogP contribution in [0.15, 0.2) is 5.11 Å². The zero-order chi connectivity index (χ0) is 9.56. The molecule has 6 nitrogen and oxygen atoms in total. The van der Waals surface area contributed by atoms with Crippen molar-refractivity contribution in [1.29, 1.82) is 0 Å². The number of nitrogens with zero attached hydrogens (tertiary/aromatic N) is 3. The van der Waals surface area contributed by atoms with Crippen LogP contribution in [0.25, 0.3) is 10.4 Å². The van der Waals surface area contributed by atoms with Crippen LogP contribution in [0.2, 0.25) is 0 Å². The summed E-state index contributed by atoms with van der Waals surface area (Å²) in [5, 5.41) is 11.2. The molecule has 13 heavy (non-hydrogen) atoms. The number of nitrogens with two attached hydrogens (primary N) is 1. The van der Waals surface area contributed by atoms with Crippen LogP contribution in [0.1, 0.15) is 6.42 Å². The van der Waals surface area contributed by atoms with Crippen molar-refractivity contribution in [2.24, 2.45) is 10.8 Å². The largest absolute Gasteiger partial charge is 0.480 e. The molecule has 2 atom stereocenters. The first kappa shape index (κ1) is 14.5. The molecular formula is C5H10ClFN4O2. The molecular weight excluding hydrogens is 203 g/mol. The fraction of sp³-hybridized carbons (Fsp3) is 0.800. The van der Waals surface area contributed by atoms with Crippen LogP contribution >= 0.6 is 12.4 Å². The molecule has 0 fully saturated rings. The van der Waals surface area contributed by atoms with E-state index in [2.05, 4.69) is 10.0 Å². The third-order valence-corrected chi connectivity index (χ3v) is 1.17. The molecule has 0 aliphatic heterocycles. The van der Waals surface area contributed by atoms with Crippen LogP contribution in [0.4, 0.5) is 4.39 Å². The standard InChI is InChI=1S/C5H9FN4O2.ClH/c6-3(2-9-10-8)1-4(7)5(11)12;/h3-4H,1-2,7H2,(H,11,12);1H/t3-,4-;/m0./s1. The summed E-state index contributed by atoms with van der Waals surface area (Å²) >= 11 is 0. The summed E-state index contributed by atoms with van der Waals surface area (Å²) in [6.07, 6.45) is -1.83. The molecule has 0 saturated carbocycles. The highest BCUT2D eigenvalue weighted by Gasteiger charge is 2.17. The summed E-state index contributed by atoms with van der Waals surface area (Å²) in [6, 6.07) is -1.24. The number of alkyl halides is 1. The Kier molecular flexibility index (Phi) is 8.47. The molecule has 0 rings (SSSR count). The fourth-order valence-corrected chi connectivity index (χ4v) is 0.576. The van der Waals surface area contributed by atoms with Crippen molar-refractivity contribution in [3.05, 3.63) is 10.4 Å². The lowest BCUT2D eigenvalue weighted by Crippen LogP contribution is -2.33. The summed E-state index contributed by atoms with van der Waals surface area (Å²) in [4.78, 5) is 12.4. The highest BCUT2D eigenvalue weighted by Crippen LogP contribution is 2.01. The quantitative estimate of drug-likeness (QED) is 0.400. The zero-order valence-electron chi connectivity index (χ0n) is 6.63. The maximum atomic E-state index is 12.6. The number of carboxylic acid groups (broad SMARTS) is 1. The van der Waals surface area contributed by atoms with Crippen molar-refractivity contribution >= 4 is 18.4 Å². The highest BCUT2D eigenvalue weighted by atomic mass is 35.5. The summed E-state index contributed by atoms with van der Waals surface area (Å²) in [5.74, 6) is -1.27. The van der Waals surface area contributed by atoms with Gasteiger partial charge < -0.3 is 10.8 Å². The predicted octanol–water partition coefficient (Wildman–Crippen LogP) is 0.859. The summed E-state index contributed by atoms with van der Waals surface area (Å²) in [5.41, 5.74) is 12.8. The molecule has 0 bridgehead atoms. The predicted molar refractivity (Wildman–Crippen MR) is 46.4 cm³/mol. The Morgan fingerprint density at radius 3 is 2.69 bits per heavy atom. The molecule has 0 spiro atoms. The van der Waals surface area contributed by atoms with Gasteiger partial charge in [0.05, 0.1) is 6.54 Å². The van der Waals surface area contributed by atoms with E-state index in [1.165, 1.54) is 0 Å². The van der Waals surface area contributed by atoms with Gasteiger partial charge in [0.15, 0.2) is 0 Å². The number of aliphatic carboxylic acids is 1. The second-order valence-electron chi connectivity index (χ2n) is 2.19. The Bertz CT molecular complexity index is 209. The molecule has 0 aromatic rings. The average Bonchev–Trinajstić information content (AvgIpc) is 2.00. The third-order valence-electron chi connectivity index (χ3n) is 1.17. The van der Waals surface area contributed by atoms with Gasteiger partial charge in [-0.05, 0) is 5.53 Å². The molecule has 0 aromatic carbocycles. The maximum Gasteiger partial charge on any atom is 0.320 e. The van der Waals surface area contributed by atoms with Gasteiger partial charge in [-0.1, -0.05) is 5.11 Å². The number of halogens is 2. The minimum absolute atomic E-state index is 0. The number of rotatable bonds is 5. The van der Waals surface area contributed by atoms with E-state index in [0.717, 1.165) is 0 Å². The molecule has 8 heteroatoms. The molecule has 0 aromatic heterocycles. The second-order valence-corrected chi connectivity index (χ2v) is 2.19. The summed E-state index contributed by atoms with van der Waals surface area (Å²) in [6.45, 7) is -0.377. The smallest absolute Gasteiger partial charge is 0.320 e. The summed E-state index contributed by atoms with van der Waals surface area (Å²) in [7, 11) is 0. The average molecular weight is 213 g/mol. The van der Waals surface area contributed by atoms with Gasteiger partial charge in [0.1, 0.15) is 12.2 Å². The first-order chi connectivity index (χ1) is 5.57.